The first-order chi connectivity index (χ1) is 8.45. The van der Waals surface area contributed by atoms with Gasteiger partial charge in [-0.25, -0.2) is 8.42 Å². The first-order valence-corrected chi connectivity index (χ1v) is 8.01. The van der Waals surface area contributed by atoms with Crippen LogP contribution in [0.3, 0.4) is 0 Å². The van der Waals surface area contributed by atoms with Gasteiger partial charge in [0.05, 0.1) is 12.1 Å². The minimum Gasteiger partial charge on any atom is -0.266 e. The molecule has 1 aliphatic heterocycles. The zero-order valence-electron chi connectivity index (χ0n) is 10.6. The summed E-state index contributed by atoms with van der Waals surface area (Å²) in [4.78, 5) is 0. The van der Waals surface area contributed by atoms with E-state index in [9.17, 15) is 8.42 Å². The summed E-state index contributed by atoms with van der Waals surface area (Å²) < 4.78 is 26.6. The largest absolute Gasteiger partial charge is 0.266 e. The summed E-state index contributed by atoms with van der Waals surface area (Å²) in [6, 6.07) is 0. The fourth-order valence-electron chi connectivity index (χ4n) is 2.55. The van der Waals surface area contributed by atoms with Gasteiger partial charge in [0.15, 0.2) is 5.03 Å². The van der Waals surface area contributed by atoms with Gasteiger partial charge in [-0.15, -0.1) is 11.6 Å². The number of alkyl halides is 1. The lowest BCUT2D eigenvalue weighted by molar-refractivity contribution is 0.222. The van der Waals surface area contributed by atoms with Gasteiger partial charge in [-0.3, -0.25) is 5.10 Å². The second-order valence-electron chi connectivity index (χ2n) is 5.13. The van der Waals surface area contributed by atoms with Gasteiger partial charge in [-0.1, -0.05) is 13.8 Å². The molecule has 0 saturated carbocycles. The fourth-order valence-corrected chi connectivity index (χ4v) is 4.61. The second kappa shape index (κ2) is 5.19. The number of piperidine rings is 1. The molecule has 2 rings (SSSR count). The number of sulfonamides is 1. The topological polar surface area (TPSA) is 66.1 Å². The minimum atomic E-state index is -3.50. The summed E-state index contributed by atoms with van der Waals surface area (Å²) in [5.74, 6) is 0.904. The molecule has 1 aromatic heterocycles. The van der Waals surface area contributed by atoms with Crippen molar-refractivity contribution in [3.63, 3.8) is 0 Å². The Bertz CT molecular complexity index is 504. The number of aromatic amines is 1. The number of hydrogen-bond acceptors (Lipinski definition) is 3. The molecule has 0 amide bonds. The molecule has 0 spiro atoms. The van der Waals surface area contributed by atoms with Crippen molar-refractivity contribution in [2.75, 3.05) is 13.1 Å². The summed E-state index contributed by atoms with van der Waals surface area (Å²) in [5.41, 5.74) is 0.530. The summed E-state index contributed by atoms with van der Waals surface area (Å²) in [6.45, 7) is 5.28. The van der Waals surface area contributed by atoms with Crippen molar-refractivity contribution in [3.05, 3.63) is 11.8 Å². The average Bonchev–Trinajstić information content (AvgIpc) is 2.76. The molecule has 1 N–H and O–H groups in total. The molecule has 0 bridgehead atoms. The maximum absolute atomic E-state index is 12.5. The van der Waals surface area contributed by atoms with Crippen LogP contribution < -0.4 is 0 Å². The van der Waals surface area contributed by atoms with Crippen LogP contribution in [0.1, 0.15) is 25.8 Å². The monoisotopic (exact) mass is 291 g/mol. The third-order valence-corrected chi connectivity index (χ3v) is 5.39. The van der Waals surface area contributed by atoms with Crippen LogP contribution in [0, 0.1) is 11.8 Å². The Hall–Kier alpha value is -0.590. The van der Waals surface area contributed by atoms with Crippen molar-refractivity contribution in [2.45, 2.75) is 31.2 Å². The molecule has 2 unspecified atom stereocenters. The zero-order chi connectivity index (χ0) is 13.3. The summed E-state index contributed by atoms with van der Waals surface area (Å²) in [5, 5.41) is 6.47. The third kappa shape index (κ3) is 2.55. The van der Waals surface area contributed by atoms with Crippen molar-refractivity contribution >= 4 is 21.6 Å². The molecule has 1 aromatic rings. The standard InChI is InChI=1S/C11H18ClN3O2S/c1-8-3-9(2)7-15(6-8)18(16,17)11-10(4-12)5-13-14-11/h5,8-9H,3-4,6-7H2,1-2H3,(H,13,14). The fraction of sp³-hybridized carbons (Fsp3) is 0.727. The normalized spacial score (nSPS) is 26.4. The Labute approximate surface area is 113 Å². The summed E-state index contributed by atoms with van der Waals surface area (Å²) in [6.07, 6.45) is 2.54. The van der Waals surface area contributed by atoms with Crippen LogP contribution in [0.2, 0.25) is 0 Å². The van der Waals surface area contributed by atoms with Gasteiger partial charge in [0.1, 0.15) is 0 Å². The highest BCUT2D eigenvalue weighted by molar-refractivity contribution is 7.89. The molecule has 0 aromatic carbocycles. The van der Waals surface area contributed by atoms with E-state index in [2.05, 4.69) is 24.0 Å². The highest BCUT2D eigenvalue weighted by Crippen LogP contribution is 2.27. The van der Waals surface area contributed by atoms with Gasteiger partial charge in [-0.05, 0) is 18.3 Å². The molecule has 0 aliphatic carbocycles. The van der Waals surface area contributed by atoms with Gasteiger partial charge < -0.3 is 0 Å². The highest BCUT2D eigenvalue weighted by Gasteiger charge is 2.33. The molecule has 7 heteroatoms. The van der Waals surface area contributed by atoms with E-state index in [0.29, 0.717) is 30.5 Å². The van der Waals surface area contributed by atoms with E-state index in [0.717, 1.165) is 6.42 Å². The molecule has 0 radical (unpaired) electrons. The van der Waals surface area contributed by atoms with Crippen molar-refractivity contribution in [1.82, 2.24) is 14.5 Å². The number of hydrogen-bond donors (Lipinski definition) is 1. The predicted octanol–water partition coefficient (Wildman–Crippen LogP) is 1.82. The third-order valence-electron chi connectivity index (χ3n) is 3.26. The quantitative estimate of drug-likeness (QED) is 0.864. The Morgan fingerprint density at radius 1 is 1.44 bits per heavy atom. The molecule has 2 heterocycles. The van der Waals surface area contributed by atoms with Crippen molar-refractivity contribution in [3.8, 4) is 0 Å². The number of H-pyrrole nitrogens is 1. The first-order valence-electron chi connectivity index (χ1n) is 6.03. The molecule has 2 atom stereocenters. The minimum absolute atomic E-state index is 0.138. The smallest absolute Gasteiger partial charge is 0.260 e. The second-order valence-corrected chi connectivity index (χ2v) is 7.27. The van der Waals surface area contributed by atoms with E-state index < -0.39 is 10.0 Å². The van der Waals surface area contributed by atoms with Gasteiger partial charge in [0, 0.05) is 18.7 Å². The van der Waals surface area contributed by atoms with Crippen LogP contribution in [-0.4, -0.2) is 36.0 Å². The van der Waals surface area contributed by atoms with Crippen LogP contribution in [0.4, 0.5) is 0 Å². The molecule has 1 saturated heterocycles. The van der Waals surface area contributed by atoms with E-state index in [1.807, 2.05) is 0 Å². The molecule has 1 aliphatic rings. The predicted molar refractivity (Wildman–Crippen MR) is 69.8 cm³/mol. The maximum atomic E-state index is 12.5. The Balaban J connectivity index is 2.31. The number of aromatic nitrogens is 2. The van der Waals surface area contributed by atoms with Gasteiger partial charge in [0.25, 0.3) is 10.0 Å². The number of rotatable bonds is 3. The zero-order valence-corrected chi connectivity index (χ0v) is 12.1. The van der Waals surface area contributed by atoms with Crippen molar-refractivity contribution in [1.29, 1.82) is 0 Å². The Kier molecular flexibility index (Phi) is 3.99. The average molecular weight is 292 g/mol. The van der Waals surface area contributed by atoms with Crippen LogP contribution in [0.15, 0.2) is 11.2 Å². The van der Waals surface area contributed by atoms with Crippen LogP contribution in [0.5, 0.6) is 0 Å². The lowest BCUT2D eigenvalue weighted by atomic mass is 9.94. The lowest BCUT2D eigenvalue weighted by Crippen LogP contribution is -2.42. The van der Waals surface area contributed by atoms with E-state index >= 15 is 0 Å². The number of nitrogens with one attached hydrogen (secondary N) is 1. The molecule has 102 valence electrons. The highest BCUT2D eigenvalue weighted by atomic mass is 35.5. The number of halogens is 1. The van der Waals surface area contributed by atoms with Gasteiger partial charge >= 0.3 is 0 Å². The molecule has 5 nitrogen and oxygen atoms in total. The molecular formula is C11H18ClN3O2S. The summed E-state index contributed by atoms with van der Waals surface area (Å²) in [7, 11) is -3.50. The molecular weight excluding hydrogens is 274 g/mol. The van der Waals surface area contributed by atoms with Gasteiger partial charge in [0.2, 0.25) is 0 Å². The van der Waals surface area contributed by atoms with E-state index in [4.69, 9.17) is 11.6 Å². The van der Waals surface area contributed by atoms with Crippen LogP contribution in [0.25, 0.3) is 0 Å². The number of nitrogens with zero attached hydrogens (tertiary/aromatic N) is 2. The van der Waals surface area contributed by atoms with Gasteiger partial charge in [-0.2, -0.15) is 9.40 Å². The summed E-state index contributed by atoms with van der Waals surface area (Å²) >= 11 is 5.73. The van der Waals surface area contributed by atoms with Crippen molar-refractivity contribution in [2.24, 2.45) is 11.8 Å². The van der Waals surface area contributed by atoms with Crippen LogP contribution >= 0.6 is 11.6 Å². The SMILES string of the molecule is CC1CC(C)CN(S(=O)(=O)c2[nH]ncc2CCl)C1. The molecule has 1 fully saturated rings. The van der Waals surface area contributed by atoms with E-state index in [-0.39, 0.29) is 10.9 Å². The Morgan fingerprint density at radius 3 is 2.61 bits per heavy atom. The maximum Gasteiger partial charge on any atom is 0.260 e. The van der Waals surface area contributed by atoms with Crippen LogP contribution in [-0.2, 0) is 15.9 Å². The Morgan fingerprint density at radius 2 is 2.06 bits per heavy atom. The van der Waals surface area contributed by atoms with E-state index in [1.165, 1.54) is 10.5 Å². The lowest BCUT2D eigenvalue weighted by Gasteiger charge is -2.33. The van der Waals surface area contributed by atoms with E-state index in [1.54, 1.807) is 0 Å². The first kappa shape index (κ1) is 13.8. The molecule has 18 heavy (non-hydrogen) atoms. The van der Waals surface area contributed by atoms with Crippen molar-refractivity contribution < 1.29 is 8.42 Å².